The number of aromatic nitrogens is 2. The molecule has 0 saturated heterocycles. The molecule has 1 aromatic heterocycles. The summed E-state index contributed by atoms with van der Waals surface area (Å²) < 4.78 is 0. The minimum absolute atomic E-state index is 0.109. The van der Waals surface area contributed by atoms with E-state index < -0.39 is 11.9 Å². The van der Waals surface area contributed by atoms with Gasteiger partial charge in [-0.15, -0.1) is 10.2 Å². The summed E-state index contributed by atoms with van der Waals surface area (Å²) in [4.78, 5) is 25.7. The van der Waals surface area contributed by atoms with Crippen molar-refractivity contribution in [2.75, 3.05) is 5.32 Å². The minimum Gasteiger partial charge on any atom is -0.340 e. The molecule has 0 aliphatic rings. The lowest BCUT2D eigenvalue weighted by Crippen LogP contribution is -2.47. The van der Waals surface area contributed by atoms with Gasteiger partial charge in [-0.3, -0.25) is 14.9 Å². The summed E-state index contributed by atoms with van der Waals surface area (Å²) in [6, 6.07) is 11.7. The Bertz CT molecular complexity index is 1080. The first kappa shape index (κ1) is 23.2. The van der Waals surface area contributed by atoms with Crippen LogP contribution in [0.5, 0.6) is 0 Å². The summed E-state index contributed by atoms with van der Waals surface area (Å²) in [5.74, 6) is -0.895. The molecule has 0 bridgehead atoms. The van der Waals surface area contributed by atoms with Crippen LogP contribution in [-0.4, -0.2) is 28.1 Å². The molecular formula is C22H22Cl2N4O2S. The number of carbonyl (C=O) groups excluding carboxylic acids is 2. The Morgan fingerprint density at radius 2 is 1.81 bits per heavy atom. The molecule has 0 spiro atoms. The summed E-state index contributed by atoms with van der Waals surface area (Å²) in [7, 11) is 0. The van der Waals surface area contributed by atoms with E-state index in [1.165, 1.54) is 23.5 Å². The highest BCUT2D eigenvalue weighted by molar-refractivity contribution is 7.18. The summed E-state index contributed by atoms with van der Waals surface area (Å²) in [6.07, 6.45) is 0.694. The molecule has 162 valence electrons. The third kappa shape index (κ3) is 6.03. The van der Waals surface area contributed by atoms with Crippen LogP contribution in [0.3, 0.4) is 0 Å². The van der Waals surface area contributed by atoms with Crippen molar-refractivity contribution in [3.05, 3.63) is 63.6 Å². The van der Waals surface area contributed by atoms with Crippen LogP contribution in [0.15, 0.2) is 42.5 Å². The zero-order chi connectivity index (χ0) is 22.5. The second-order valence-electron chi connectivity index (χ2n) is 7.27. The van der Waals surface area contributed by atoms with Crippen molar-refractivity contribution in [1.82, 2.24) is 15.5 Å². The van der Waals surface area contributed by atoms with Crippen molar-refractivity contribution in [1.29, 1.82) is 0 Å². The van der Waals surface area contributed by atoms with Crippen LogP contribution in [0.4, 0.5) is 5.13 Å². The fourth-order valence-corrected chi connectivity index (χ4v) is 4.23. The van der Waals surface area contributed by atoms with Gasteiger partial charge in [0.25, 0.3) is 5.91 Å². The Kier molecular flexibility index (Phi) is 7.64. The monoisotopic (exact) mass is 476 g/mol. The van der Waals surface area contributed by atoms with Gasteiger partial charge in [0.2, 0.25) is 11.0 Å². The molecule has 9 heteroatoms. The van der Waals surface area contributed by atoms with Gasteiger partial charge in [-0.2, -0.15) is 0 Å². The predicted molar refractivity (Wildman–Crippen MR) is 126 cm³/mol. The van der Waals surface area contributed by atoms with Gasteiger partial charge in [-0.05, 0) is 37.1 Å². The van der Waals surface area contributed by atoms with Gasteiger partial charge in [0, 0.05) is 21.2 Å². The van der Waals surface area contributed by atoms with Crippen molar-refractivity contribution < 1.29 is 9.59 Å². The summed E-state index contributed by atoms with van der Waals surface area (Å²) in [5, 5.41) is 15.6. The SMILES string of the molecule is CCC(C)C(NC(=O)c1cc(Cl)cc(Cl)c1)C(=O)Nc1nnc(-c2cccc(C)c2)s1. The highest BCUT2D eigenvalue weighted by Crippen LogP contribution is 2.27. The number of nitrogens with zero attached hydrogens (tertiary/aromatic N) is 2. The van der Waals surface area contributed by atoms with Crippen LogP contribution >= 0.6 is 34.5 Å². The lowest BCUT2D eigenvalue weighted by atomic mass is 9.98. The van der Waals surface area contributed by atoms with Gasteiger partial charge in [-0.1, -0.05) is 78.6 Å². The van der Waals surface area contributed by atoms with E-state index in [4.69, 9.17) is 23.2 Å². The molecule has 0 aliphatic carbocycles. The molecule has 2 unspecified atom stereocenters. The van der Waals surface area contributed by atoms with Crippen LogP contribution in [0, 0.1) is 12.8 Å². The number of carbonyl (C=O) groups is 2. The lowest BCUT2D eigenvalue weighted by molar-refractivity contribution is -0.119. The molecule has 0 radical (unpaired) electrons. The van der Waals surface area contributed by atoms with Gasteiger partial charge in [-0.25, -0.2) is 0 Å². The first-order chi connectivity index (χ1) is 14.8. The maximum Gasteiger partial charge on any atom is 0.252 e. The molecule has 2 amide bonds. The van der Waals surface area contributed by atoms with E-state index in [0.717, 1.165) is 11.1 Å². The quantitative estimate of drug-likeness (QED) is 0.464. The Labute approximate surface area is 195 Å². The topological polar surface area (TPSA) is 84.0 Å². The molecular weight excluding hydrogens is 455 g/mol. The molecule has 31 heavy (non-hydrogen) atoms. The third-order valence-electron chi connectivity index (χ3n) is 4.83. The van der Waals surface area contributed by atoms with Crippen molar-refractivity contribution in [2.45, 2.75) is 33.2 Å². The van der Waals surface area contributed by atoms with E-state index in [1.54, 1.807) is 6.07 Å². The van der Waals surface area contributed by atoms with E-state index in [-0.39, 0.29) is 17.4 Å². The Hall–Kier alpha value is -2.48. The van der Waals surface area contributed by atoms with E-state index in [1.807, 2.05) is 45.0 Å². The van der Waals surface area contributed by atoms with Gasteiger partial charge >= 0.3 is 0 Å². The molecule has 1 heterocycles. The highest BCUT2D eigenvalue weighted by atomic mass is 35.5. The maximum atomic E-state index is 13.0. The zero-order valence-electron chi connectivity index (χ0n) is 17.3. The first-order valence-corrected chi connectivity index (χ1v) is 11.3. The van der Waals surface area contributed by atoms with Crippen LogP contribution in [0.2, 0.25) is 10.0 Å². The summed E-state index contributed by atoms with van der Waals surface area (Å²) >= 11 is 13.3. The van der Waals surface area contributed by atoms with Crippen molar-refractivity contribution in [3.8, 4) is 10.6 Å². The van der Waals surface area contributed by atoms with Gasteiger partial charge in [0.05, 0.1) is 0 Å². The van der Waals surface area contributed by atoms with Gasteiger partial charge in [0.15, 0.2) is 0 Å². The zero-order valence-corrected chi connectivity index (χ0v) is 19.6. The number of nitrogens with one attached hydrogen (secondary N) is 2. The molecule has 2 aromatic carbocycles. The van der Waals surface area contributed by atoms with Crippen LogP contribution in [-0.2, 0) is 4.79 Å². The molecule has 6 nitrogen and oxygen atoms in total. The number of anilines is 1. The smallest absolute Gasteiger partial charge is 0.252 e. The number of halogens is 2. The Morgan fingerprint density at radius 3 is 2.45 bits per heavy atom. The molecule has 3 rings (SSSR count). The standard InChI is InChI=1S/C22H22Cl2N4O2S/c1-4-13(3)18(25-19(29)15-9-16(23)11-17(24)10-15)20(30)26-22-28-27-21(31-22)14-7-5-6-12(2)8-14/h5-11,13,18H,4H2,1-3H3,(H,25,29)(H,26,28,30). The van der Waals surface area contributed by atoms with Gasteiger partial charge < -0.3 is 5.32 Å². The lowest BCUT2D eigenvalue weighted by Gasteiger charge is -2.23. The number of amides is 2. The largest absolute Gasteiger partial charge is 0.340 e. The van der Waals surface area contributed by atoms with Crippen LogP contribution < -0.4 is 10.6 Å². The van der Waals surface area contributed by atoms with Crippen LogP contribution in [0.1, 0.15) is 36.2 Å². The number of aryl methyl sites for hydroxylation is 1. The van der Waals surface area contributed by atoms with Crippen molar-refractivity contribution in [2.24, 2.45) is 5.92 Å². The number of benzene rings is 2. The molecule has 3 aromatic rings. The Morgan fingerprint density at radius 1 is 1.10 bits per heavy atom. The van der Waals surface area contributed by atoms with Gasteiger partial charge in [0.1, 0.15) is 11.0 Å². The number of hydrogen-bond acceptors (Lipinski definition) is 5. The van der Waals surface area contributed by atoms with E-state index in [0.29, 0.717) is 26.6 Å². The second kappa shape index (κ2) is 10.2. The normalized spacial score (nSPS) is 12.8. The third-order valence-corrected chi connectivity index (χ3v) is 6.15. The molecule has 0 saturated carbocycles. The molecule has 0 aliphatic heterocycles. The molecule has 2 N–H and O–H groups in total. The number of hydrogen-bond donors (Lipinski definition) is 2. The maximum absolute atomic E-state index is 13.0. The fraction of sp³-hybridized carbons (Fsp3) is 0.273. The highest BCUT2D eigenvalue weighted by Gasteiger charge is 2.27. The second-order valence-corrected chi connectivity index (χ2v) is 9.12. The molecule has 0 fully saturated rings. The average molecular weight is 477 g/mol. The minimum atomic E-state index is -0.762. The number of rotatable bonds is 7. The first-order valence-electron chi connectivity index (χ1n) is 9.75. The average Bonchev–Trinajstić information content (AvgIpc) is 3.19. The van der Waals surface area contributed by atoms with Crippen LogP contribution in [0.25, 0.3) is 10.6 Å². The van der Waals surface area contributed by atoms with E-state index >= 15 is 0 Å². The fourth-order valence-electron chi connectivity index (χ4n) is 2.96. The van der Waals surface area contributed by atoms with Crippen molar-refractivity contribution >= 4 is 51.5 Å². The van der Waals surface area contributed by atoms with E-state index in [9.17, 15) is 9.59 Å². The Balaban J connectivity index is 1.75. The summed E-state index contributed by atoms with van der Waals surface area (Å²) in [5.41, 5.74) is 2.33. The molecule has 2 atom stereocenters. The van der Waals surface area contributed by atoms with Crippen molar-refractivity contribution in [3.63, 3.8) is 0 Å². The van der Waals surface area contributed by atoms with E-state index in [2.05, 4.69) is 20.8 Å². The predicted octanol–water partition coefficient (Wildman–Crippen LogP) is 5.60. The summed E-state index contributed by atoms with van der Waals surface area (Å²) in [6.45, 7) is 5.85.